The van der Waals surface area contributed by atoms with Crippen molar-refractivity contribution >= 4 is 6.03 Å². The van der Waals surface area contributed by atoms with Crippen molar-refractivity contribution in [2.45, 2.75) is 95.9 Å². The van der Waals surface area contributed by atoms with E-state index in [0.717, 1.165) is 19.3 Å². The highest BCUT2D eigenvalue weighted by Crippen LogP contribution is 2.34. The van der Waals surface area contributed by atoms with E-state index in [2.05, 4.69) is 12.2 Å². The number of carbonyl (C=O) groups is 1. The topological polar surface area (TPSA) is 55.1 Å². The van der Waals surface area contributed by atoms with E-state index in [9.17, 15) is 4.79 Å². The fourth-order valence-corrected chi connectivity index (χ4v) is 3.35. The smallest absolute Gasteiger partial charge is 0.312 e. The highest BCUT2D eigenvalue weighted by atomic mass is 16.2. The zero-order valence-electron chi connectivity index (χ0n) is 12.7. The average Bonchev–Trinajstić information content (AvgIpc) is 2.80. The molecule has 112 valence electrons. The molecule has 1 rings (SSSR count). The third kappa shape index (κ3) is 6.84. The summed E-state index contributed by atoms with van der Waals surface area (Å²) in [5, 5.41) is 3.01. The summed E-state index contributed by atoms with van der Waals surface area (Å²) in [5.74, 6) is 0. The van der Waals surface area contributed by atoms with Crippen LogP contribution in [0.4, 0.5) is 4.79 Å². The summed E-state index contributed by atoms with van der Waals surface area (Å²) in [4.78, 5) is 11.1. The fourth-order valence-electron chi connectivity index (χ4n) is 3.35. The van der Waals surface area contributed by atoms with Gasteiger partial charge in [-0.3, -0.25) is 0 Å². The second-order valence-corrected chi connectivity index (χ2v) is 6.20. The first-order chi connectivity index (χ1) is 9.18. The summed E-state index contributed by atoms with van der Waals surface area (Å²) >= 11 is 0. The molecule has 3 N–H and O–H groups in total. The van der Waals surface area contributed by atoms with E-state index >= 15 is 0 Å². The Hall–Kier alpha value is -0.730. The van der Waals surface area contributed by atoms with E-state index in [1.165, 1.54) is 64.2 Å². The van der Waals surface area contributed by atoms with Crippen LogP contribution in [0.5, 0.6) is 0 Å². The Balaban J connectivity index is 2.07. The maximum absolute atomic E-state index is 11.1. The molecule has 0 aromatic carbocycles. The van der Waals surface area contributed by atoms with E-state index in [0.29, 0.717) is 0 Å². The number of urea groups is 1. The minimum Gasteiger partial charge on any atom is -0.352 e. The minimum atomic E-state index is -0.346. The second-order valence-electron chi connectivity index (χ2n) is 6.20. The average molecular weight is 268 g/mol. The summed E-state index contributed by atoms with van der Waals surface area (Å²) in [6.45, 7) is 2.26. The molecule has 1 saturated carbocycles. The molecule has 3 nitrogen and oxygen atoms in total. The van der Waals surface area contributed by atoms with Crippen LogP contribution in [0, 0.1) is 0 Å². The van der Waals surface area contributed by atoms with Crippen LogP contribution < -0.4 is 11.1 Å². The van der Waals surface area contributed by atoms with Gasteiger partial charge in [-0.2, -0.15) is 0 Å². The van der Waals surface area contributed by atoms with Gasteiger partial charge in [-0.15, -0.1) is 0 Å². The van der Waals surface area contributed by atoms with Gasteiger partial charge >= 0.3 is 6.03 Å². The number of hydrogen-bond donors (Lipinski definition) is 2. The van der Waals surface area contributed by atoms with Crippen LogP contribution in [0.25, 0.3) is 0 Å². The maximum Gasteiger partial charge on any atom is 0.312 e. The first-order valence-electron chi connectivity index (χ1n) is 8.26. The molecule has 3 heteroatoms. The number of rotatable bonds is 10. The number of nitrogens with one attached hydrogen (secondary N) is 1. The van der Waals surface area contributed by atoms with Crippen molar-refractivity contribution < 1.29 is 4.79 Å². The third-order valence-corrected chi connectivity index (χ3v) is 4.46. The fraction of sp³-hybridized carbons (Fsp3) is 0.938. The highest BCUT2D eigenvalue weighted by Gasteiger charge is 2.33. The number of unbranched alkanes of at least 4 members (excludes halogenated alkanes) is 7. The van der Waals surface area contributed by atoms with Gasteiger partial charge in [0.15, 0.2) is 0 Å². The molecule has 1 fully saturated rings. The molecule has 0 aliphatic heterocycles. The molecule has 2 amide bonds. The van der Waals surface area contributed by atoms with Crippen molar-refractivity contribution in [1.29, 1.82) is 0 Å². The van der Waals surface area contributed by atoms with Gasteiger partial charge in [0, 0.05) is 5.54 Å². The predicted octanol–water partition coefficient (Wildman–Crippen LogP) is 4.50. The van der Waals surface area contributed by atoms with Gasteiger partial charge in [0.05, 0.1) is 0 Å². The van der Waals surface area contributed by atoms with E-state index in [1.807, 2.05) is 0 Å². The molecule has 1 aliphatic carbocycles. The molecule has 0 radical (unpaired) electrons. The summed E-state index contributed by atoms with van der Waals surface area (Å²) in [6.07, 6.45) is 16.5. The Labute approximate surface area is 118 Å². The summed E-state index contributed by atoms with van der Waals surface area (Å²) < 4.78 is 0. The van der Waals surface area contributed by atoms with Crippen molar-refractivity contribution in [1.82, 2.24) is 5.32 Å². The summed E-state index contributed by atoms with van der Waals surface area (Å²) in [6, 6.07) is -0.346. The lowest BCUT2D eigenvalue weighted by Crippen LogP contribution is -2.48. The minimum absolute atomic E-state index is 0.0358. The third-order valence-electron chi connectivity index (χ3n) is 4.46. The zero-order valence-corrected chi connectivity index (χ0v) is 12.7. The van der Waals surface area contributed by atoms with Crippen LogP contribution in [-0.4, -0.2) is 11.6 Å². The molecular weight excluding hydrogens is 236 g/mol. The molecule has 0 spiro atoms. The van der Waals surface area contributed by atoms with Crippen molar-refractivity contribution in [3.05, 3.63) is 0 Å². The second kappa shape index (κ2) is 9.22. The lowest BCUT2D eigenvalue weighted by molar-refractivity contribution is 0.228. The Morgan fingerprint density at radius 2 is 1.53 bits per heavy atom. The SMILES string of the molecule is CCCCCCCCCCC1(NC(N)=O)CCCC1. The van der Waals surface area contributed by atoms with Gasteiger partial charge in [-0.1, -0.05) is 71.1 Å². The molecule has 0 saturated heterocycles. The van der Waals surface area contributed by atoms with E-state index < -0.39 is 0 Å². The summed E-state index contributed by atoms with van der Waals surface area (Å²) in [7, 11) is 0. The Morgan fingerprint density at radius 1 is 1.00 bits per heavy atom. The predicted molar refractivity (Wildman–Crippen MR) is 81.1 cm³/mol. The number of nitrogens with two attached hydrogens (primary N) is 1. The molecule has 0 unspecified atom stereocenters. The Kier molecular flexibility index (Phi) is 7.92. The molecular formula is C16H32N2O. The van der Waals surface area contributed by atoms with Crippen LogP contribution in [0.2, 0.25) is 0 Å². The lowest BCUT2D eigenvalue weighted by Gasteiger charge is -2.29. The van der Waals surface area contributed by atoms with Crippen LogP contribution >= 0.6 is 0 Å². The van der Waals surface area contributed by atoms with Gasteiger partial charge in [-0.05, 0) is 19.3 Å². The molecule has 19 heavy (non-hydrogen) atoms. The van der Waals surface area contributed by atoms with Gasteiger partial charge < -0.3 is 11.1 Å². The van der Waals surface area contributed by atoms with Crippen molar-refractivity contribution in [3.63, 3.8) is 0 Å². The molecule has 0 heterocycles. The van der Waals surface area contributed by atoms with Gasteiger partial charge in [0.2, 0.25) is 0 Å². The highest BCUT2D eigenvalue weighted by molar-refractivity contribution is 5.72. The molecule has 1 aliphatic rings. The van der Waals surface area contributed by atoms with E-state index in [-0.39, 0.29) is 11.6 Å². The van der Waals surface area contributed by atoms with Gasteiger partial charge in [-0.25, -0.2) is 4.79 Å². The monoisotopic (exact) mass is 268 g/mol. The van der Waals surface area contributed by atoms with Crippen LogP contribution in [0.1, 0.15) is 90.4 Å². The number of primary amides is 1. The number of hydrogen-bond acceptors (Lipinski definition) is 1. The quantitative estimate of drug-likeness (QED) is 0.563. The maximum atomic E-state index is 11.1. The molecule has 0 aromatic rings. The molecule has 0 bridgehead atoms. The lowest BCUT2D eigenvalue weighted by atomic mass is 9.90. The molecule has 0 aromatic heterocycles. The van der Waals surface area contributed by atoms with Crippen molar-refractivity contribution in [3.8, 4) is 0 Å². The Morgan fingerprint density at radius 3 is 2.05 bits per heavy atom. The van der Waals surface area contributed by atoms with Crippen molar-refractivity contribution in [2.24, 2.45) is 5.73 Å². The standard InChI is InChI=1S/C16H32N2O/c1-2-3-4-5-6-7-8-9-12-16(18-15(17)19)13-10-11-14-16/h2-14H2,1H3,(H3,17,18,19). The van der Waals surface area contributed by atoms with Crippen LogP contribution in [0.15, 0.2) is 0 Å². The van der Waals surface area contributed by atoms with Gasteiger partial charge in [0.25, 0.3) is 0 Å². The largest absolute Gasteiger partial charge is 0.352 e. The normalized spacial score (nSPS) is 17.5. The van der Waals surface area contributed by atoms with Gasteiger partial charge in [0.1, 0.15) is 0 Å². The van der Waals surface area contributed by atoms with Crippen LogP contribution in [0.3, 0.4) is 0 Å². The number of amides is 2. The van der Waals surface area contributed by atoms with Crippen molar-refractivity contribution in [2.75, 3.05) is 0 Å². The van der Waals surface area contributed by atoms with Crippen LogP contribution in [-0.2, 0) is 0 Å². The first-order valence-corrected chi connectivity index (χ1v) is 8.26. The summed E-state index contributed by atoms with van der Waals surface area (Å²) in [5.41, 5.74) is 5.34. The number of carbonyl (C=O) groups excluding carboxylic acids is 1. The molecule has 0 atom stereocenters. The van der Waals surface area contributed by atoms with E-state index in [4.69, 9.17) is 5.73 Å². The Bertz CT molecular complexity index is 247. The van der Waals surface area contributed by atoms with E-state index in [1.54, 1.807) is 0 Å². The first kappa shape index (κ1) is 16.3. The zero-order chi connectivity index (χ0) is 14.0.